The van der Waals surface area contributed by atoms with Crippen LogP contribution >= 0.6 is 23.2 Å². The molecular formula is C26H33Cl2FN6O4. The molecule has 4 rings (SSSR count). The Balaban J connectivity index is 0.000000242. The third-order valence-corrected chi connectivity index (χ3v) is 5.96. The molecule has 1 aliphatic heterocycles. The number of hydrogen-bond acceptors (Lipinski definition) is 9. The minimum absolute atomic E-state index is 0.00962. The second kappa shape index (κ2) is 12.8. The Bertz CT molecular complexity index is 1260. The second-order valence-corrected chi connectivity index (χ2v) is 11.0. The Labute approximate surface area is 237 Å². The number of anilines is 3. The molecule has 1 aromatic heterocycles. The molecule has 2 fully saturated rings. The van der Waals surface area contributed by atoms with Crippen LogP contribution in [0.1, 0.15) is 67.2 Å². The predicted molar refractivity (Wildman–Crippen MR) is 149 cm³/mol. The summed E-state index contributed by atoms with van der Waals surface area (Å²) in [7, 11) is 0. The van der Waals surface area contributed by atoms with E-state index in [2.05, 4.69) is 25.6 Å². The van der Waals surface area contributed by atoms with Crippen LogP contribution in [0.4, 0.5) is 26.8 Å². The molecule has 1 saturated heterocycles. The van der Waals surface area contributed by atoms with Gasteiger partial charge in [0.05, 0.1) is 16.8 Å². The van der Waals surface area contributed by atoms with Gasteiger partial charge in [-0.2, -0.15) is 15.0 Å². The number of cyclic esters (lactones) is 1. The van der Waals surface area contributed by atoms with Gasteiger partial charge < -0.3 is 20.1 Å². The Morgan fingerprint density at radius 1 is 1.13 bits per heavy atom. The molecular weight excluding hydrogens is 550 g/mol. The molecule has 0 atom stereocenters. The van der Waals surface area contributed by atoms with Crippen molar-refractivity contribution in [2.75, 3.05) is 22.1 Å². The van der Waals surface area contributed by atoms with Crippen LogP contribution in [-0.4, -0.2) is 45.1 Å². The first kappa shape index (κ1) is 30.4. The Morgan fingerprint density at radius 2 is 1.77 bits per heavy atom. The van der Waals surface area contributed by atoms with E-state index in [1.807, 2.05) is 27.7 Å². The third kappa shape index (κ3) is 8.15. The van der Waals surface area contributed by atoms with Crippen LogP contribution in [0.2, 0.25) is 10.3 Å². The van der Waals surface area contributed by atoms with Gasteiger partial charge in [-0.1, -0.05) is 11.6 Å². The lowest BCUT2D eigenvalue weighted by Gasteiger charge is -2.20. The van der Waals surface area contributed by atoms with Gasteiger partial charge >= 0.3 is 12.0 Å². The van der Waals surface area contributed by atoms with Crippen LogP contribution < -0.4 is 20.3 Å². The Kier molecular flexibility index (Phi) is 9.95. The number of carbonyl (C=O) groups excluding carboxylic acids is 2. The molecule has 39 heavy (non-hydrogen) atoms. The Hall–Kier alpha value is -3.18. The SMILES string of the molecule is CC(C)=C1OC(=O)N(c2cc(OC3CCCC3)c(Cl)cc2F)C1=O.CCNc1nc(Cl)nc(NC(C)(C)C)n1. The fourth-order valence-electron chi connectivity index (χ4n) is 3.83. The zero-order chi connectivity index (χ0) is 28.9. The van der Waals surface area contributed by atoms with E-state index < -0.39 is 17.8 Å². The quantitative estimate of drug-likeness (QED) is 0.356. The van der Waals surface area contributed by atoms with E-state index in [1.54, 1.807) is 13.8 Å². The van der Waals surface area contributed by atoms with Crippen LogP contribution in [0, 0.1) is 5.82 Å². The first-order chi connectivity index (χ1) is 18.3. The van der Waals surface area contributed by atoms with E-state index in [1.165, 1.54) is 6.07 Å². The number of nitrogens with zero attached hydrogens (tertiary/aromatic N) is 4. The van der Waals surface area contributed by atoms with Gasteiger partial charge in [-0.05, 0) is 90.5 Å². The number of amides is 2. The largest absolute Gasteiger partial charge is 0.489 e. The average Bonchev–Trinajstić information content (AvgIpc) is 3.42. The maximum atomic E-state index is 14.3. The highest BCUT2D eigenvalue weighted by Crippen LogP contribution is 2.37. The lowest BCUT2D eigenvalue weighted by atomic mass is 10.1. The summed E-state index contributed by atoms with van der Waals surface area (Å²) in [4.78, 5) is 37.1. The number of hydrogen-bond donors (Lipinski definition) is 2. The summed E-state index contributed by atoms with van der Waals surface area (Å²) in [6, 6.07) is 2.32. The molecule has 1 saturated carbocycles. The van der Waals surface area contributed by atoms with Crippen molar-refractivity contribution in [1.82, 2.24) is 15.0 Å². The van der Waals surface area contributed by atoms with Crippen molar-refractivity contribution < 1.29 is 23.5 Å². The lowest BCUT2D eigenvalue weighted by Crippen LogP contribution is -2.29. The number of carbonyl (C=O) groups is 2. The molecule has 0 radical (unpaired) electrons. The monoisotopic (exact) mass is 582 g/mol. The Morgan fingerprint density at radius 3 is 2.33 bits per heavy atom. The third-order valence-electron chi connectivity index (χ3n) is 5.49. The molecule has 2 heterocycles. The van der Waals surface area contributed by atoms with Crippen LogP contribution in [0.15, 0.2) is 23.5 Å². The van der Waals surface area contributed by atoms with Gasteiger partial charge in [0.1, 0.15) is 11.6 Å². The van der Waals surface area contributed by atoms with E-state index in [-0.39, 0.29) is 39.1 Å². The molecule has 2 aromatic rings. The number of nitrogens with one attached hydrogen (secondary N) is 2. The van der Waals surface area contributed by atoms with E-state index in [4.69, 9.17) is 32.7 Å². The highest BCUT2D eigenvalue weighted by molar-refractivity contribution is 6.32. The number of imide groups is 1. The standard InChI is InChI=1S/C17H17ClFNO4.C9H16ClN5/c1-9(2)15-16(21)20(17(22)24-15)13-8-14(11(18)7-12(13)19)23-10-5-3-4-6-10;1-5-11-7-12-6(10)13-8(14-7)15-9(2,3)4/h7-8,10H,3-6H2,1-2H3;5H2,1-4H3,(H2,11,12,13,14,15). The van der Waals surface area contributed by atoms with E-state index in [0.717, 1.165) is 38.3 Å². The van der Waals surface area contributed by atoms with Crippen molar-refractivity contribution in [2.45, 2.75) is 78.9 Å². The maximum absolute atomic E-state index is 14.3. The van der Waals surface area contributed by atoms with Gasteiger partial charge in [0, 0.05) is 18.2 Å². The molecule has 212 valence electrons. The van der Waals surface area contributed by atoms with Gasteiger partial charge in [-0.15, -0.1) is 0 Å². The van der Waals surface area contributed by atoms with Crippen molar-refractivity contribution in [3.05, 3.63) is 39.6 Å². The van der Waals surface area contributed by atoms with Crippen molar-refractivity contribution in [1.29, 1.82) is 0 Å². The van der Waals surface area contributed by atoms with Crippen molar-refractivity contribution in [3.63, 3.8) is 0 Å². The lowest BCUT2D eigenvalue weighted by molar-refractivity contribution is -0.114. The summed E-state index contributed by atoms with van der Waals surface area (Å²) in [6.07, 6.45) is 3.00. The average molecular weight is 583 g/mol. The summed E-state index contributed by atoms with van der Waals surface area (Å²) in [6.45, 7) is 12.1. The summed E-state index contributed by atoms with van der Waals surface area (Å²) in [5.41, 5.74) is 0.208. The molecule has 2 aliphatic rings. The van der Waals surface area contributed by atoms with Crippen LogP contribution in [0.3, 0.4) is 0 Å². The number of rotatable bonds is 6. The van der Waals surface area contributed by atoms with E-state index in [0.29, 0.717) is 22.4 Å². The zero-order valence-corrected chi connectivity index (χ0v) is 24.3. The summed E-state index contributed by atoms with van der Waals surface area (Å²) >= 11 is 11.8. The van der Waals surface area contributed by atoms with Gasteiger partial charge in [0.2, 0.25) is 17.2 Å². The van der Waals surface area contributed by atoms with Crippen molar-refractivity contribution in [2.24, 2.45) is 0 Å². The second-order valence-electron chi connectivity index (χ2n) is 10.3. The zero-order valence-electron chi connectivity index (χ0n) is 22.8. The molecule has 10 nitrogen and oxygen atoms in total. The highest BCUT2D eigenvalue weighted by atomic mass is 35.5. The van der Waals surface area contributed by atoms with Crippen molar-refractivity contribution in [3.8, 4) is 5.75 Å². The van der Waals surface area contributed by atoms with Crippen LogP contribution in [0.25, 0.3) is 0 Å². The molecule has 2 amide bonds. The van der Waals surface area contributed by atoms with Crippen molar-refractivity contribution >= 4 is 52.8 Å². The summed E-state index contributed by atoms with van der Waals surface area (Å²) in [5.74, 6) is -0.353. The molecule has 2 N–H and O–H groups in total. The molecule has 1 aliphatic carbocycles. The number of halogens is 3. The van der Waals surface area contributed by atoms with E-state index >= 15 is 0 Å². The number of aromatic nitrogens is 3. The summed E-state index contributed by atoms with van der Waals surface area (Å²) < 4.78 is 25.1. The molecule has 13 heteroatoms. The summed E-state index contributed by atoms with van der Waals surface area (Å²) in [5, 5.41) is 6.41. The minimum atomic E-state index is -0.941. The van der Waals surface area contributed by atoms with Gasteiger partial charge in [-0.25, -0.2) is 14.1 Å². The van der Waals surface area contributed by atoms with Gasteiger partial charge in [0.15, 0.2) is 5.76 Å². The number of allylic oxidation sites excluding steroid dienone is 1. The smallest absolute Gasteiger partial charge is 0.427 e. The first-order valence-corrected chi connectivity index (χ1v) is 13.4. The first-order valence-electron chi connectivity index (χ1n) is 12.6. The normalized spacial score (nSPS) is 15.6. The van der Waals surface area contributed by atoms with Crippen LogP contribution in [-0.2, 0) is 9.53 Å². The molecule has 0 spiro atoms. The molecule has 1 aromatic carbocycles. The fraction of sp³-hybridized carbons (Fsp3) is 0.500. The van der Waals surface area contributed by atoms with E-state index in [9.17, 15) is 14.0 Å². The highest BCUT2D eigenvalue weighted by Gasteiger charge is 2.40. The maximum Gasteiger partial charge on any atom is 0.427 e. The van der Waals surface area contributed by atoms with Gasteiger partial charge in [-0.3, -0.25) is 4.79 Å². The topological polar surface area (TPSA) is 119 Å². The molecule has 0 unspecified atom stereocenters. The molecule has 0 bridgehead atoms. The van der Waals surface area contributed by atoms with Crippen LogP contribution in [0.5, 0.6) is 5.75 Å². The number of ether oxygens (including phenoxy) is 2. The van der Waals surface area contributed by atoms with Gasteiger partial charge in [0.25, 0.3) is 0 Å². The number of benzene rings is 1. The minimum Gasteiger partial charge on any atom is -0.489 e. The fourth-order valence-corrected chi connectivity index (χ4v) is 4.18. The predicted octanol–water partition coefficient (Wildman–Crippen LogP) is 6.74.